The zero-order chi connectivity index (χ0) is 26.8. The highest BCUT2D eigenvalue weighted by Gasteiger charge is 2.14. The lowest BCUT2D eigenvalue weighted by molar-refractivity contribution is 0.190. The van der Waals surface area contributed by atoms with E-state index >= 15 is 0 Å². The van der Waals surface area contributed by atoms with Gasteiger partial charge in [-0.1, -0.05) is 129 Å². The summed E-state index contributed by atoms with van der Waals surface area (Å²) in [4.78, 5) is 24.2. The average Bonchev–Trinajstić information content (AvgIpc) is 3.31. The van der Waals surface area contributed by atoms with Crippen LogP contribution in [-0.2, 0) is 0 Å². The monoisotopic (exact) mass is 538 g/mol. The van der Waals surface area contributed by atoms with Gasteiger partial charge in [-0.25, -0.2) is 9.59 Å². The van der Waals surface area contributed by atoms with Crippen molar-refractivity contribution in [3.63, 3.8) is 0 Å². The summed E-state index contributed by atoms with van der Waals surface area (Å²) in [5.74, 6) is 0.555. The van der Waals surface area contributed by atoms with Gasteiger partial charge in [-0.2, -0.15) is 0 Å². The summed E-state index contributed by atoms with van der Waals surface area (Å²) in [6.45, 7) is 5.68. The lowest BCUT2D eigenvalue weighted by atomic mass is 10.1. The van der Waals surface area contributed by atoms with Gasteiger partial charge in [0, 0.05) is 23.8 Å². The van der Waals surface area contributed by atoms with Gasteiger partial charge in [0.2, 0.25) is 0 Å². The van der Waals surface area contributed by atoms with E-state index < -0.39 is 12.2 Å². The number of hydrogen-bond donors (Lipinski definition) is 2. The quantitative estimate of drug-likeness (QED) is 0.128. The molecule has 0 bridgehead atoms. The predicted octanol–water partition coefficient (Wildman–Crippen LogP) is 9.77. The van der Waals surface area contributed by atoms with Crippen molar-refractivity contribution in [2.24, 2.45) is 0 Å². The van der Waals surface area contributed by atoms with Crippen molar-refractivity contribution in [3.8, 4) is 11.5 Å². The summed E-state index contributed by atoms with van der Waals surface area (Å²) < 4.78 is 10.7. The average molecular weight is 539 g/mol. The van der Waals surface area contributed by atoms with Crippen LogP contribution in [0.25, 0.3) is 0 Å². The molecule has 0 aromatic carbocycles. The summed E-state index contributed by atoms with van der Waals surface area (Å²) in [5, 5.41) is 8.92. The second-order valence-electron chi connectivity index (χ2n) is 10.1. The Balaban J connectivity index is 2.03. The molecular weight excluding hydrogens is 484 g/mol. The Labute approximate surface area is 230 Å². The highest BCUT2D eigenvalue weighted by atomic mass is 32.1. The fraction of sp³-hybridized carbons (Fsp3) is 0.800. The Morgan fingerprint density at radius 3 is 1.16 bits per heavy atom. The molecule has 1 heterocycles. The van der Waals surface area contributed by atoms with E-state index in [1.807, 2.05) is 0 Å². The first-order chi connectivity index (χ1) is 18.2. The van der Waals surface area contributed by atoms with Crippen molar-refractivity contribution in [2.75, 3.05) is 13.1 Å². The topological polar surface area (TPSA) is 76.7 Å². The van der Waals surface area contributed by atoms with Gasteiger partial charge >= 0.3 is 12.2 Å². The van der Waals surface area contributed by atoms with Crippen LogP contribution < -0.4 is 20.1 Å². The van der Waals surface area contributed by atoms with Gasteiger partial charge in [0.25, 0.3) is 0 Å². The van der Waals surface area contributed by atoms with E-state index in [0.717, 1.165) is 25.7 Å². The van der Waals surface area contributed by atoms with Crippen LogP contribution in [0.5, 0.6) is 11.5 Å². The molecule has 0 aliphatic heterocycles. The summed E-state index contributed by atoms with van der Waals surface area (Å²) in [5.41, 5.74) is 0. The molecule has 0 fully saturated rings. The van der Waals surface area contributed by atoms with Crippen LogP contribution in [0, 0.1) is 0 Å². The highest BCUT2D eigenvalue weighted by Crippen LogP contribution is 2.31. The molecule has 0 aliphatic rings. The zero-order valence-corrected chi connectivity index (χ0v) is 24.6. The normalized spacial score (nSPS) is 10.9. The fourth-order valence-electron chi connectivity index (χ4n) is 4.30. The number of amides is 2. The van der Waals surface area contributed by atoms with E-state index in [2.05, 4.69) is 24.5 Å². The van der Waals surface area contributed by atoms with Crippen molar-refractivity contribution in [2.45, 2.75) is 142 Å². The first kappa shape index (κ1) is 33.3. The zero-order valence-electron chi connectivity index (χ0n) is 23.8. The summed E-state index contributed by atoms with van der Waals surface area (Å²) >= 11 is 1.33. The maximum absolute atomic E-state index is 12.1. The second-order valence-corrected chi connectivity index (χ2v) is 10.8. The molecule has 0 radical (unpaired) electrons. The molecule has 37 heavy (non-hydrogen) atoms. The number of nitrogens with one attached hydrogen (secondary N) is 2. The number of carbonyl (C=O) groups excluding carboxylic acids is 2. The van der Waals surface area contributed by atoms with Crippen LogP contribution in [0.15, 0.2) is 10.8 Å². The highest BCUT2D eigenvalue weighted by molar-refractivity contribution is 7.08. The number of carbonyl (C=O) groups is 2. The van der Waals surface area contributed by atoms with Crippen LogP contribution in [0.4, 0.5) is 9.59 Å². The maximum Gasteiger partial charge on any atom is 0.412 e. The van der Waals surface area contributed by atoms with Crippen LogP contribution in [-0.4, -0.2) is 25.3 Å². The predicted molar refractivity (Wildman–Crippen MR) is 156 cm³/mol. The van der Waals surface area contributed by atoms with Gasteiger partial charge in [-0.3, -0.25) is 0 Å². The summed E-state index contributed by atoms with van der Waals surface area (Å²) in [6.07, 6.45) is 24.1. The van der Waals surface area contributed by atoms with Gasteiger partial charge < -0.3 is 20.1 Å². The van der Waals surface area contributed by atoms with Crippen molar-refractivity contribution in [1.29, 1.82) is 0 Å². The molecule has 1 aromatic rings. The molecule has 0 saturated carbocycles. The van der Waals surface area contributed by atoms with E-state index in [1.165, 1.54) is 114 Å². The van der Waals surface area contributed by atoms with Crippen LogP contribution in [0.2, 0.25) is 0 Å². The minimum atomic E-state index is -0.509. The smallest absolute Gasteiger partial charge is 0.405 e. The van der Waals surface area contributed by atoms with Crippen LogP contribution >= 0.6 is 11.3 Å². The SMILES string of the molecule is CCCCCCCCCCCCNC(=O)Oc1cscc1OC(=O)NCCCCCCCCCCCC. The van der Waals surface area contributed by atoms with Crippen LogP contribution in [0.3, 0.4) is 0 Å². The standard InChI is InChI=1S/C30H54N2O4S/c1-3-5-7-9-11-13-15-17-19-21-23-31-29(33)35-27-25-37-26-28(27)36-30(34)32-24-22-20-18-16-14-12-10-8-6-4-2/h25-26H,3-24H2,1-2H3,(H,31,33)(H,32,34). The molecule has 0 aliphatic carbocycles. The van der Waals surface area contributed by atoms with Gasteiger partial charge in [-0.05, 0) is 12.8 Å². The first-order valence-corrected chi connectivity index (χ1v) is 16.1. The molecule has 6 nitrogen and oxygen atoms in total. The molecule has 2 N–H and O–H groups in total. The van der Waals surface area contributed by atoms with E-state index in [-0.39, 0.29) is 11.5 Å². The van der Waals surface area contributed by atoms with Crippen LogP contribution in [0.1, 0.15) is 142 Å². The molecular formula is C30H54N2O4S. The molecule has 7 heteroatoms. The van der Waals surface area contributed by atoms with Gasteiger partial charge in [-0.15, -0.1) is 11.3 Å². The number of thiophene rings is 1. The third-order valence-corrected chi connectivity index (χ3v) is 7.30. The summed E-state index contributed by atoms with van der Waals surface area (Å²) in [6, 6.07) is 0. The third kappa shape index (κ3) is 19.9. The largest absolute Gasteiger partial charge is 0.412 e. The number of ether oxygens (including phenoxy) is 2. The minimum Gasteiger partial charge on any atom is -0.405 e. The van der Waals surface area contributed by atoms with E-state index in [0.29, 0.717) is 13.1 Å². The molecule has 1 rings (SSSR count). The molecule has 2 amide bonds. The lowest BCUT2D eigenvalue weighted by Crippen LogP contribution is -2.29. The summed E-state index contributed by atoms with van der Waals surface area (Å²) in [7, 11) is 0. The van der Waals surface area contributed by atoms with Gasteiger partial charge in [0.15, 0.2) is 11.5 Å². The van der Waals surface area contributed by atoms with Crippen molar-refractivity contribution in [3.05, 3.63) is 10.8 Å². The van der Waals surface area contributed by atoms with E-state index in [1.54, 1.807) is 10.8 Å². The molecule has 214 valence electrons. The van der Waals surface area contributed by atoms with Gasteiger partial charge in [0.05, 0.1) is 0 Å². The van der Waals surface area contributed by atoms with Gasteiger partial charge in [0.1, 0.15) is 0 Å². The third-order valence-electron chi connectivity index (χ3n) is 6.60. The minimum absolute atomic E-state index is 0.277. The Kier molecular flexibility index (Phi) is 22.1. The number of hydrogen-bond acceptors (Lipinski definition) is 5. The van der Waals surface area contributed by atoms with E-state index in [4.69, 9.17) is 9.47 Å². The molecule has 0 spiro atoms. The Morgan fingerprint density at radius 1 is 0.541 bits per heavy atom. The Bertz CT molecular complexity index is 626. The first-order valence-electron chi connectivity index (χ1n) is 15.1. The van der Waals surface area contributed by atoms with Crippen molar-refractivity contribution < 1.29 is 19.1 Å². The lowest BCUT2D eigenvalue weighted by Gasteiger charge is -2.09. The molecule has 0 unspecified atom stereocenters. The van der Waals surface area contributed by atoms with Crippen molar-refractivity contribution in [1.82, 2.24) is 10.6 Å². The van der Waals surface area contributed by atoms with Crippen molar-refractivity contribution >= 4 is 23.5 Å². The maximum atomic E-state index is 12.1. The number of rotatable bonds is 24. The second kappa shape index (κ2) is 24.6. The fourth-order valence-corrected chi connectivity index (χ4v) is 4.94. The molecule has 1 aromatic heterocycles. The Hall–Kier alpha value is -1.76. The molecule has 0 saturated heterocycles. The van der Waals surface area contributed by atoms with E-state index in [9.17, 15) is 9.59 Å². The number of unbranched alkanes of at least 4 members (excludes halogenated alkanes) is 18. The Morgan fingerprint density at radius 2 is 0.838 bits per heavy atom. The molecule has 0 atom stereocenters.